The van der Waals surface area contributed by atoms with E-state index in [2.05, 4.69) is 0 Å². The predicted molar refractivity (Wildman–Crippen MR) is 53.2 cm³/mol. The minimum absolute atomic E-state index is 0. The summed E-state index contributed by atoms with van der Waals surface area (Å²) in [5, 5.41) is 0. The molecule has 0 fully saturated rings. The zero-order valence-electron chi connectivity index (χ0n) is 11.3. The molecule has 0 amide bonds. The van der Waals surface area contributed by atoms with E-state index in [9.17, 15) is 74.6 Å². The van der Waals surface area contributed by atoms with Crippen LogP contribution in [0, 0.1) is 0 Å². The zero-order chi connectivity index (χ0) is 22.0. The average Bonchev–Trinajstić information content (AvgIpc) is 2.34. The van der Waals surface area contributed by atoms with E-state index in [-0.39, 0.29) is 5.48 Å². The fourth-order valence-electron chi connectivity index (χ4n) is 1.14. The summed E-state index contributed by atoms with van der Waals surface area (Å²) in [6.07, 6.45) is -7.74. The molecule has 0 bridgehead atoms. The molecule has 0 heterocycles. The van der Waals surface area contributed by atoms with Gasteiger partial charge in [0.2, 0.25) is 0 Å². The molecule has 0 aliphatic heterocycles. The topological polar surface area (TPSA) is 31.5 Å². The maximum absolute atomic E-state index is 12.9. The molecule has 0 aromatic heterocycles. The van der Waals surface area contributed by atoms with Gasteiger partial charge in [0, 0.05) is 0 Å². The van der Waals surface area contributed by atoms with Gasteiger partial charge in [0.1, 0.15) is 0 Å². The van der Waals surface area contributed by atoms with Crippen molar-refractivity contribution < 1.29 is 80.1 Å². The van der Waals surface area contributed by atoms with Gasteiger partial charge >= 0.3 is 46.5 Å². The molecule has 19 heteroatoms. The summed E-state index contributed by atoms with van der Waals surface area (Å²) in [7, 11) is 0. The molecule has 0 aromatic carbocycles. The van der Waals surface area contributed by atoms with E-state index in [1.807, 2.05) is 0 Å². The second kappa shape index (κ2) is 6.65. The summed E-state index contributed by atoms with van der Waals surface area (Å²) in [4.78, 5) is -6.50. The highest BCUT2D eigenvalue weighted by Crippen LogP contribution is 2.64. The molecule has 0 rings (SSSR count). The van der Waals surface area contributed by atoms with Crippen LogP contribution in [-0.2, 0) is 0 Å². The van der Waals surface area contributed by atoms with Gasteiger partial charge in [-0.15, -0.1) is 0 Å². The molecule has 2 N–H and O–H groups in total. The van der Waals surface area contributed by atoms with Crippen molar-refractivity contribution in [3.63, 3.8) is 0 Å². The van der Waals surface area contributed by atoms with Crippen molar-refractivity contribution >= 4 is 15.9 Å². The summed E-state index contributed by atoms with van der Waals surface area (Å²) < 4.78 is 212. The van der Waals surface area contributed by atoms with Crippen molar-refractivity contribution in [3.8, 4) is 0 Å². The molecule has 0 atom stereocenters. The van der Waals surface area contributed by atoms with Crippen LogP contribution in [0.25, 0.3) is 0 Å². The third-order valence-electron chi connectivity index (χ3n) is 2.68. The Balaban J connectivity index is 0. The van der Waals surface area contributed by atoms with Crippen molar-refractivity contribution in [1.29, 1.82) is 0 Å². The summed E-state index contributed by atoms with van der Waals surface area (Å²) >= 11 is 0.360. The summed E-state index contributed by atoms with van der Waals surface area (Å²) in [6, 6.07) is 0. The van der Waals surface area contributed by atoms with Crippen LogP contribution in [0.15, 0.2) is 0 Å². The van der Waals surface area contributed by atoms with Crippen LogP contribution in [0.4, 0.5) is 74.6 Å². The number of hydrogen-bond acceptors (Lipinski definition) is 0. The third-order valence-corrected chi connectivity index (χ3v) is 3.18. The Morgan fingerprint density at radius 2 is 0.519 bits per heavy atom. The van der Waals surface area contributed by atoms with Gasteiger partial charge in [-0.1, -0.05) is 0 Å². The highest BCUT2D eigenvalue weighted by atomic mass is 79.9. The molecular formula is C8H2BrF17O. The Bertz CT molecular complexity index is 480. The lowest BCUT2D eigenvalue weighted by molar-refractivity contribution is -0.457. The third kappa shape index (κ3) is 3.52. The van der Waals surface area contributed by atoms with Gasteiger partial charge in [0.15, 0.2) is 0 Å². The maximum atomic E-state index is 12.9. The van der Waals surface area contributed by atoms with E-state index in [0.29, 0.717) is 15.9 Å². The van der Waals surface area contributed by atoms with Gasteiger partial charge in [-0.05, 0) is 15.9 Å². The summed E-state index contributed by atoms with van der Waals surface area (Å²) in [5.74, 6) is -49.6. The Labute approximate surface area is 143 Å². The number of halogens is 18. The van der Waals surface area contributed by atoms with E-state index < -0.39 is 46.5 Å². The largest absolute Gasteiger partial charge is 0.460 e. The van der Waals surface area contributed by atoms with E-state index in [4.69, 9.17) is 0 Å². The van der Waals surface area contributed by atoms with Gasteiger partial charge < -0.3 is 5.48 Å². The maximum Gasteiger partial charge on any atom is 0.460 e. The average molecular weight is 517 g/mol. The first-order chi connectivity index (χ1) is 10.8. The molecule has 0 saturated carbocycles. The highest BCUT2D eigenvalue weighted by Gasteiger charge is 2.95. The standard InChI is InChI=1S/C8BrF17.H2O/c9-7(22,23)5(18,19)3(14,15)1(10,11)2(12,13)4(16,17)6(20,21)8(24,25)26;/h;1H2. The molecule has 0 saturated heterocycles. The Morgan fingerprint density at radius 1 is 0.333 bits per heavy atom. The van der Waals surface area contributed by atoms with Crippen LogP contribution < -0.4 is 0 Å². The smallest absolute Gasteiger partial charge is 0.412 e. The van der Waals surface area contributed by atoms with E-state index in [1.54, 1.807) is 0 Å². The normalized spacial score (nSPS) is 16.2. The van der Waals surface area contributed by atoms with E-state index >= 15 is 0 Å². The second-order valence-corrected chi connectivity index (χ2v) is 5.44. The van der Waals surface area contributed by atoms with Crippen molar-refractivity contribution in [2.45, 2.75) is 46.5 Å². The molecule has 0 unspecified atom stereocenters. The van der Waals surface area contributed by atoms with Crippen LogP contribution in [0.3, 0.4) is 0 Å². The zero-order valence-corrected chi connectivity index (χ0v) is 12.9. The molecule has 0 spiro atoms. The van der Waals surface area contributed by atoms with E-state index in [0.717, 1.165) is 0 Å². The summed E-state index contributed by atoms with van der Waals surface area (Å²) in [5.41, 5.74) is 0. The van der Waals surface area contributed by atoms with Crippen LogP contribution >= 0.6 is 15.9 Å². The lowest BCUT2D eigenvalue weighted by Gasteiger charge is -2.42. The first-order valence-corrected chi connectivity index (χ1v) is 5.94. The SMILES string of the molecule is FC(F)(F)C(F)(F)C(F)(F)C(F)(F)C(F)(F)C(F)(F)C(F)(F)C(F)(F)Br.O. The van der Waals surface area contributed by atoms with Gasteiger partial charge in [-0.25, -0.2) is 0 Å². The van der Waals surface area contributed by atoms with Gasteiger partial charge in [-0.2, -0.15) is 74.6 Å². The molecule has 0 radical (unpaired) electrons. The molecule has 0 aliphatic carbocycles. The first kappa shape index (κ1) is 28.5. The fraction of sp³-hybridized carbons (Fsp3) is 1.00. The Hall–Kier alpha value is -0.750. The minimum Gasteiger partial charge on any atom is -0.412 e. The molecule has 1 nitrogen and oxygen atoms in total. The molecule has 166 valence electrons. The second-order valence-electron chi connectivity index (χ2n) is 4.44. The summed E-state index contributed by atoms with van der Waals surface area (Å²) in [6.45, 7) is 0. The first-order valence-electron chi connectivity index (χ1n) is 5.15. The lowest BCUT2D eigenvalue weighted by Crippen LogP contribution is -2.74. The van der Waals surface area contributed by atoms with Crippen LogP contribution in [0.2, 0.25) is 0 Å². The minimum atomic E-state index is -8.58. The monoisotopic (exact) mass is 516 g/mol. The Morgan fingerprint density at radius 3 is 0.704 bits per heavy atom. The van der Waals surface area contributed by atoms with Crippen molar-refractivity contribution in [2.75, 3.05) is 0 Å². The number of alkyl halides is 18. The number of rotatable bonds is 6. The highest BCUT2D eigenvalue weighted by molar-refractivity contribution is 9.10. The van der Waals surface area contributed by atoms with Crippen LogP contribution in [0.5, 0.6) is 0 Å². The fourth-order valence-corrected chi connectivity index (χ4v) is 1.39. The van der Waals surface area contributed by atoms with Gasteiger partial charge in [-0.3, -0.25) is 0 Å². The number of hydrogen-bond donors (Lipinski definition) is 0. The molecule has 0 aromatic rings. The predicted octanol–water partition coefficient (Wildman–Crippen LogP) is 5.52. The van der Waals surface area contributed by atoms with Gasteiger partial charge in [0.25, 0.3) is 0 Å². The van der Waals surface area contributed by atoms with Crippen LogP contribution in [0.1, 0.15) is 0 Å². The lowest BCUT2D eigenvalue weighted by atomic mass is 9.91. The Kier molecular flexibility index (Phi) is 7.01. The van der Waals surface area contributed by atoms with E-state index in [1.165, 1.54) is 0 Å². The van der Waals surface area contributed by atoms with Crippen molar-refractivity contribution in [3.05, 3.63) is 0 Å². The molecular weight excluding hydrogens is 515 g/mol. The van der Waals surface area contributed by atoms with Crippen molar-refractivity contribution in [2.24, 2.45) is 0 Å². The molecule has 27 heavy (non-hydrogen) atoms. The molecule has 0 aliphatic rings. The van der Waals surface area contributed by atoms with Crippen molar-refractivity contribution in [1.82, 2.24) is 0 Å². The quantitative estimate of drug-likeness (QED) is 0.329. The van der Waals surface area contributed by atoms with Crippen LogP contribution in [-0.4, -0.2) is 52.0 Å². The van der Waals surface area contributed by atoms with Gasteiger partial charge in [0.05, 0.1) is 0 Å².